The zero-order valence-electron chi connectivity index (χ0n) is 12.7. The van der Waals surface area contributed by atoms with Crippen molar-refractivity contribution < 1.29 is 14.4 Å². The molecule has 3 rings (SSSR count). The Morgan fingerprint density at radius 1 is 1.25 bits per heavy atom. The number of thiophene rings is 1. The monoisotopic (exact) mass is 344 g/mol. The highest BCUT2D eigenvalue weighted by atomic mass is 32.1. The molecule has 3 aromatic rings. The lowest BCUT2D eigenvalue weighted by Crippen LogP contribution is -2.20. The average Bonchev–Trinajstić information content (AvgIpc) is 3.26. The number of benzene rings is 1. The van der Waals surface area contributed by atoms with E-state index in [0.717, 1.165) is 5.56 Å². The van der Waals surface area contributed by atoms with Gasteiger partial charge in [0, 0.05) is 12.6 Å². The van der Waals surface area contributed by atoms with E-state index in [1.54, 1.807) is 41.7 Å². The van der Waals surface area contributed by atoms with Gasteiger partial charge in [0.1, 0.15) is 11.5 Å². The number of furan rings is 1. The minimum absolute atomic E-state index is 0.0132. The minimum Gasteiger partial charge on any atom is -0.459 e. The van der Waals surface area contributed by atoms with E-state index in [0.29, 0.717) is 30.2 Å². The number of rotatable bonds is 7. The molecule has 0 radical (unpaired) electrons. The summed E-state index contributed by atoms with van der Waals surface area (Å²) in [6, 6.07) is 11.8. The van der Waals surface area contributed by atoms with Crippen LogP contribution in [0.2, 0.25) is 0 Å². The van der Waals surface area contributed by atoms with Crippen molar-refractivity contribution in [2.45, 2.75) is 12.6 Å². The van der Waals surface area contributed by atoms with Gasteiger partial charge in [-0.1, -0.05) is 12.1 Å². The van der Waals surface area contributed by atoms with Gasteiger partial charge in [-0.05, 0) is 40.6 Å². The van der Waals surface area contributed by atoms with Gasteiger partial charge in [0.2, 0.25) is 0 Å². The van der Waals surface area contributed by atoms with Gasteiger partial charge >= 0.3 is 0 Å². The molecule has 1 atom stereocenters. The quantitative estimate of drug-likeness (QED) is 0.503. The first kappa shape index (κ1) is 16.4. The smallest absolute Gasteiger partial charge is 0.280 e. The van der Waals surface area contributed by atoms with Gasteiger partial charge in [-0.3, -0.25) is 10.1 Å². The van der Waals surface area contributed by atoms with Crippen molar-refractivity contribution in [3.8, 4) is 11.3 Å². The predicted octanol–water partition coefficient (Wildman–Crippen LogP) is 3.74. The van der Waals surface area contributed by atoms with Crippen LogP contribution in [0.25, 0.3) is 11.3 Å². The molecule has 0 aliphatic heterocycles. The molecular weight excluding hydrogens is 328 g/mol. The number of hydrogen-bond donors (Lipinski definition) is 2. The summed E-state index contributed by atoms with van der Waals surface area (Å²) < 4.78 is 5.69. The van der Waals surface area contributed by atoms with Crippen LogP contribution in [-0.2, 0) is 6.54 Å². The van der Waals surface area contributed by atoms with Gasteiger partial charge in [-0.25, -0.2) is 0 Å². The van der Waals surface area contributed by atoms with Crippen molar-refractivity contribution in [3.63, 3.8) is 0 Å². The Kier molecular flexibility index (Phi) is 5.05. The molecule has 0 aliphatic carbocycles. The van der Waals surface area contributed by atoms with Gasteiger partial charge in [0.25, 0.3) is 5.69 Å². The van der Waals surface area contributed by atoms with Gasteiger partial charge in [-0.15, -0.1) is 0 Å². The SMILES string of the molecule is O=[N+]([O-])c1ccccc1-c1ccc(CNCC(O)c2ccsc2)o1. The van der Waals surface area contributed by atoms with E-state index in [2.05, 4.69) is 5.32 Å². The number of aliphatic hydroxyl groups is 1. The van der Waals surface area contributed by atoms with E-state index < -0.39 is 11.0 Å². The molecule has 2 heterocycles. The highest BCUT2D eigenvalue weighted by Gasteiger charge is 2.17. The first-order valence-corrected chi connectivity index (χ1v) is 8.33. The fourth-order valence-corrected chi connectivity index (χ4v) is 3.08. The molecule has 0 aliphatic rings. The van der Waals surface area contributed by atoms with Crippen LogP contribution in [0, 0.1) is 10.1 Å². The highest BCUT2D eigenvalue weighted by molar-refractivity contribution is 7.07. The molecular formula is C17H16N2O4S. The van der Waals surface area contributed by atoms with E-state index in [1.807, 2.05) is 16.8 Å². The van der Waals surface area contributed by atoms with Crippen LogP contribution in [0.3, 0.4) is 0 Å². The molecule has 1 unspecified atom stereocenters. The second-order valence-corrected chi connectivity index (χ2v) is 6.02. The largest absolute Gasteiger partial charge is 0.459 e. The van der Waals surface area contributed by atoms with Crippen LogP contribution in [0.1, 0.15) is 17.4 Å². The lowest BCUT2D eigenvalue weighted by atomic mass is 10.1. The molecule has 0 fully saturated rings. The van der Waals surface area contributed by atoms with Crippen LogP contribution < -0.4 is 5.32 Å². The zero-order chi connectivity index (χ0) is 16.9. The molecule has 0 amide bonds. The maximum atomic E-state index is 11.1. The standard InChI is InChI=1S/C17H16N2O4S/c20-16(12-7-8-24-11-12)10-18-9-13-5-6-17(23-13)14-3-1-2-4-15(14)19(21)22/h1-8,11,16,18,20H,9-10H2. The van der Waals surface area contributed by atoms with Crippen molar-refractivity contribution in [1.82, 2.24) is 5.32 Å². The first-order chi connectivity index (χ1) is 11.6. The topological polar surface area (TPSA) is 88.5 Å². The number of aliphatic hydroxyl groups excluding tert-OH is 1. The Balaban J connectivity index is 1.63. The first-order valence-electron chi connectivity index (χ1n) is 7.38. The molecule has 124 valence electrons. The number of nitro benzene ring substituents is 1. The Labute approximate surface area is 142 Å². The zero-order valence-corrected chi connectivity index (χ0v) is 13.5. The number of nitrogens with one attached hydrogen (secondary N) is 1. The molecule has 7 heteroatoms. The number of nitrogens with zero attached hydrogens (tertiary/aromatic N) is 1. The predicted molar refractivity (Wildman–Crippen MR) is 91.8 cm³/mol. The fourth-order valence-electron chi connectivity index (χ4n) is 2.37. The Bertz CT molecular complexity index is 814. The maximum absolute atomic E-state index is 11.1. The molecule has 0 spiro atoms. The second kappa shape index (κ2) is 7.39. The third-order valence-electron chi connectivity index (χ3n) is 3.59. The van der Waals surface area contributed by atoms with Gasteiger partial charge < -0.3 is 14.8 Å². The maximum Gasteiger partial charge on any atom is 0.280 e. The molecule has 0 bridgehead atoms. The molecule has 24 heavy (non-hydrogen) atoms. The van der Waals surface area contributed by atoms with Crippen molar-refractivity contribution in [1.29, 1.82) is 0 Å². The third kappa shape index (κ3) is 3.70. The number of hydrogen-bond acceptors (Lipinski definition) is 6. The van der Waals surface area contributed by atoms with Crippen LogP contribution in [-0.4, -0.2) is 16.6 Å². The minimum atomic E-state index is -0.569. The van der Waals surface area contributed by atoms with Crippen molar-refractivity contribution in [2.24, 2.45) is 0 Å². The van der Waals surface area contributed by atoms with Crippen LogP contribution in [0.5, 0.6) is 0 Å². The molecule has 0 saturated carbocycles. The number of para-hydroxylation sites is 1. The normalized spacial score (nSPS) is 12.2. The third-order valence-corrected chi connectivity index (χ3v) is 4.29. The van der Waals surface area contributed by atoms with E-state index in [4.69, 9.17) is 4.42 Å². The Morgan fingerprint density at radius 2 is 2.08 bits per heavy atom. The summed E-state index contributed by atoms with van der Waals surface area (Å²) >= 11 is 1.54. The molecule has 2 N–H and O–H groups in total. The van der Waals surface area contributed by atoms with Gasteiger partial charge in [-0.2, -0.15) is 11.3 Å². The highest BCUT2D eigenvalue weighted by Crippen LogP contribution is 2.30. The number of nitro groups is 1. The summed E-state index contributed by atoms with van der Waals surface area (Å²) in [7, 11) is 0. The summed E-state index contributed by atoms with van der Waals surface area (Å²) in [5.41, 5.74) is 1.35. The van der Waals surface area contributed by atoms with Crippen molar-refractivity contribution in [2.75, 3.05) is 6.54 Å². The van der Waals surface area contributed by atoms with Crippen LogP contribution in [0.4, 0.5) is 5.69 Å². The average molecular weight is 344 g/mol. The van der Waals surface area contributed by atoms with E-state index in [1.165, 1.54) is 6.07 Å². The summed E-state index contributed by atoms with van der Waals surface area (Å²) in [4.78, 5) is 10.7. The van der Waals surface area contributed by atoms with Crippen LogP contribution >= 0.6 is 11.3 Å². The summed E-state index contributed by atoms with van der Waals surface area (Å²) in [6.07, 6.45) is -0.569. The Morgan fingerprint density at radius 3 is 2.83 bits per heavy atom. The molecule has 1 aromatic carbocycles. The van der Waals surface area contributed by atoms with E-state index in [-0.39, 0.29) is 5.69 Å². The van der Waals surface area contributed by atoms with Crippen molar-refractivity contribution in [3.05, 3.63) is 74.7 Å². The van der Waals surface area contributed by atoms with Gasteiger partial charge in [0.15, 0.2) is 0 Å². The molecule has 0 saturated heterocycles. The summed E-state index contributed by atoms with van der Waals surface area (Å²) in [6.45, 7) is 0.833. The Hall–Kier alpha value is -2.48. The summed E-state index contributed by atoms with van der Waals surface area (Å²) in [5.74, 6) is 1.11. The van der Waals surface area contributed by atoms with E-state index in [9.17, 15) is 15.2 Å². The molecule has 6 nitrogen and oxygen atoms in total. The van der Waals surface area contributed by atoms with Crippen LogP contribution in [0.15, 0.2) is 57.6 Å². The fraction of sp³-hybridized carbons (Fsp3) is 0.176. The lowest BCUT2D eigenvalue weighted by molar-refractivity contribution is -0.384. The molecule has 2 aromatic heterocycles. The lowest BCUT2D eigenvalue weighted by Gasteiger charge is -2.09. The van der Waals surface area contributed by atoms with Gasteiger partial charge in [0.05, 0.1) is 23.1 Å². The second-order valence-electron chi connectivity index (χ2n) is 5.24. The van der Waals surface area contributed by atoms with E-state index >= 15 is 0 Å². The van der Waals surface area contributed by atoms with Crippen molar-refractivity contribution >= 4 is 17.0 Å². The summed E-state index contributed by atoms with van der Waals surface area (Å²) in [5, 5.41) is 28.0.